The highest BCUT2D eigenvalue weighted by atomic mass is 35.5. The lowest BCUT2D eigenvalue weighted by Gasteiger charge is -2.09. The summed E-state index contributed by atoms with van der Waals surface area (Å²) in [5.41, 5.74) is 0.174. The number of amides is 1. The van der Waals surface area contributed by atoms with Crippen molar-refractivity contribution in [2.75, 3.05) is 11.9 Å². The molecule has 2 rings (SSSR count). The molecule has 0 fully saturated rings. The van der Waals surface area contributed by atoms with Gasteiger partial charge >= 0.3 is 5.97 Å². The third kappa shape index (κ3) is 4.58. The molecule has 4 nitrogen and oxygen atoms in total. The molecule has 23 heavy (non-hydrogen) atoms. The predicted molar refractivity (Wildman–Crippen MR) is 86.8 cm³/mol. The van der Waals surface area contributed by atoms with Crippen LogP contribution in [0.25, 0.3) is 0 Å². The zero-order chi connectivity index (χ0) is 17.0. The Hall–Kier alpha value is -1.82. The highest BCUT2D eigenvalue weighted by Gasteiger charge is 2.17. The van der Waals surface area contributed by atoms with Crippen molar-refractivity contribution in [2.24, 2.45) is 0 Å². The Morgan fingerprint density at radius 3 is 2.30 bits per heavy atom. The van der Waals surface area contributed by atoms with E-state index >= 15 is 0 Å². The van der Waals surface area contributed by atoms with Crippen molar-refractivity contribution in [2.45, 2.75) is 0 Å². The Labute approximate surface area is 146 Å². The minimum Gasteiger partial charge on any atom is -0.452 e. The van der Waals surface area contributed by atoms with Crippen LogP contribution in [0.15, 0.2) is 36.4 Å². The third-order valence-electron chi connectivity index (χ3n) is 2.71. The second-order valence-electron chi connectivity index (χ2n) is 4.35. The Kier molecular flexibility index (Phi) is 5.82. The Morgan fingerprint density at radius 1 is 1.04 bits per heavy atom. The van der Waals surface area contributed by atoms with Crippen molar-refractivity contribution in [1.29, 1.82) is 0 Å². The average Bonchev–Trinajstić information content (AvgIpc) is 2.48. The van der Waals surface area contributed by atoms with E-state index in [0.29, 0.717) is 0 Å². The molecular weight excluding hydrogens is 368 g/mol. The van der Waals surface area contributed by atoms with Crippen molar-refractivity contribution >= 4 is 52.4 Å². The molecule has 120 valence electrons. The number of nitrogens with one attached hydrogen (secondary N) is 1. The van der Waals surface area contributed by atoms with E-state index in [1.54, 1.807) is 6.07 Å². The fourth-order valence-electron chi connectivity index (χ4n) is 1.67. The van der Waals surface area contributed by atoms with Crippen LogP contribution in [0.3, 0.4) is 0 Å². The lowest BCUT2D eigenvalue weighted by Crippen LogP contribution is -2.21. The predicted octanol–water partition coefficient (Wildman–Crippen LogP) is 4.58. The first-order valence-corrected chi connectivity index (χ1v) is 7.38. The van der Waals surface area contributed by atoms with E-state index in [2.05, 4.69) is 5.32 Å². The normalized spacial score (nSPS) is 10.3. The molecule has 0 atom stereocenters. The van der Waals surface area contributed by atoms with Gasteiger partial charge in [0.1, 0.15) is 5.82 Å². The number of benzene rings is 2. The number of anilines is 1. The van der Waals surface area contributed by atoms with Crippen LogP contribution in [0.5, 0.6) is 0 Å². The van der Waals surface area contributed by atoms with Gasteiger partial charge in [0.25, 0.3) is 5.91 Å². The zero-order valence-corrected chi connectivity index (χ0v) is 13.7. The van der Waals surface area contributed by atoms with Gasteiger partial charge in [0.05, 0.1) is 26.3 Å². The summed E-state index contributed by atoms with van der Waals surface area (Å²) >= 11 is 17.5. The van der Waals surface area contributed by atoms with Crippen LogP contribution in [0.2, 0.25) is 15.1 Å². The monoisotopic (exact) mass is 375 g/mol. The van der Waals surface area contributed by atoms with Crippen molar-refractivity contribution in [1.82, 2.24) is 0 Å². The third-order valence-corrected chi connectivity index (χ3v) is 3.65. The van der Waals surface area contributed by atoms with Gasteiger partial charge in [-0.05, 0) is 30.3 Å². The van der Waals surface area contributed by atoms with Crippen LogP contribution in [-0.2, 0) is 9.53 Å². The standard InChI is InChI=1S/C15H9Cl3FNO3/c16-9-2-1-3-10(17)14(9)15(22)23-7-13(21)20-12-5-4-8(19)6-11(12)18/h1-6H,7H2,(H,20,21). The van der Waals surface area contributed by atoms with Gasteiger partial charge in [0, 0.05) is 0 Å². The van der Waals surface area contributed by atoms with Crippen molar-refractivity contribution < 1.29 is 18.7 Å². The number of carbonyl (C=O) groups is 2. The summed E-state index contributed by atoms with van der Waals surface area (Å²) in [6, 6.07) is 8.00. The number of hydrogen-bond acceptors (Lipinski definition) is 3. The largest absolute Gasteiger partial charge is 0.452 e. The summed E-state index contributed by atoms with van der Waals surface area (Å²) in [6.45, 7) is -0.575. The molecule has 1 amide bonds. The van der Waals surface area contributed by atoms with Crippen LogP contribution >= 0.6 is 34.8 Å². The number of ether oxygens (including phenoxy) is 1. The van der Waals surface area contributed by atoms with E-state index in [9.17, 15) is 14.0 Å². The van der Waals surface area contributed by atoms with E-state index < -0.39 is 24.3 Å². The van der Waals surface area contributed by atoms with E-state index in [0.717, 1.165) is 12.1 Å². The summed E-state index contributed by atoms with van der Waals surface area (Å²) in [4.78, 5) is 23.7. The highest BCUT2D eigenvalue weighted by molar-refractivity contribution is 6.39. The van der Waals surface area contributed by atoms with Gasteiger partial charge in [-0.15, -0.1) is 0 Å². The molecule has 2 aromatic rings. The van der Waals surface area contributed by atoms with Gasteiger partial charge in [0.15, 0.2) is 6.61 Å². The molecule has 0 unspecified atom stereocenters. The topological polar surface area (TPSA) is 55.4 Å². The summed E-state index contributed by atoms with van der Waals surface area (Å²) in [5, 5.41) is 2.65. The first kappa shape index (κ1) is 17.5. The molecular formula is C15H9Cl3FNO3. The Balaban J connectivity index is 1.98. The average molecular weight is 377 g/mol. The molecule has 0 aromatic heterocycles. The van der Waals surface area contributed by atoms with Crippen LogP contribution in [0.1, 0.15) is 10.4 Å². The van der Waals surface area contributed by atoms with Gasteiger partial charge in [-0.3, -0.25) is 4.79 Å². The van der Waals surface area contributed by atoms with E-state index in [1.807, 2.05) is 0 Å². The lowest BCUT2D eigenvalue weighted by molar-refractivity contribution is -0.119. The van der Waals surface area contributed by atoms with Gasteiger partial charge in [0.2, 0.25) is 0 Å². The first-order chi connectivity index (χ1) is 10.9. The van der Waals surface area contributed by atoms with Gasteiger partial charge in [-0.25, -0.2) is 9.18 Å². The number of carbonyl (C=O) groups excluding carboxylic acids is 2. The summed E-state index contributed by atoms with van der Waals surface area (Å²) < 4.78 is 17.8. The molecule has 1 N–H and O–H groups in total. The molecule has 0 bridgehead atoms. The van der Waals surface area contributed by atoms with E-state index in [1.165, 1.54) is 18.2 Å². The fraction of sp³-hybridized carbons (Fsp3) is 0.0667. The highest BCUT2D eigenvalue weighted by Crippen LogP contribution is 2.25. The van der Waals surface area contributed by atoms with Crippen LogP contribution in [0.4, 0.5) is 10.1 Å². The summed E-state index contributed by atoms with van der Waals surface area (Å²) in [5.74, 6) is -2.01. The van der Waals surface area contributed by atoms with Crippen molar-refractivity contribution in [3.05, 3.63) is 62.8 Å². The molecule has 0 heterocycles. The van der Waals surface area contributed by atoms with Gasteiger partial charge < -0.3 is 10.1 Å². The molecule has 0 aliphatic carbocycles. The number of hydrogen-bond donors (Lipinski definition) is 1. The smallest absolute Gasteiger partial charge is 0.341 e. The van der Waals surface area contributed by atoms with Crippen LogP contribution in [-0.4, -0.2) is 18.5 Å². The minimum absolute atomic E-state index is 0.0246. The minimum atomic E-state index is -0.832. The van der Waals surface area contributed by atoms with Gasteiger partial charge in [-0.2, -0.15) is 0 Å². The molecule has 0 saturated heterocycles. The van der Waals surface area contributed by atoms with Crippen LogP contribution in [0, 0.1) is 5.82 Å². The maximum atomic E-state index is 12.9. The second kappa shape index (κ2) is 7.64. The van der Waals surface area contributed by atoms with Crippen molar-refractivity contribution in [3.8, 4) is 0 Å². The fourth-order valence-corrected chi connectivity index (χ4v) is 2.44. The molecule has 0 aliphatic rings. The maximum absolute atomic E-state index is 12.9. The maximum Gasteiger partial charge on any atom is 0.341 e. The molecule has 0 aliphatic heterocycles. The number of esters is 1. The number of halogens is 4. The Morgan fingerprint density at radius 2 is 1.70 bits per heavy atom. The molecule has 0 spiro atoms. The van der Waals surface area contributed by atoms with E-state index in [-0.39, 0.29) is 26.3 Å². The summed E-state index contributed by atoms with van der Waals surface area (Å²) in [7, 11) is 0. The Bertz CT molecular complexity index is 747. The molecule has 8 heteroatoms. The quantitative estimate of drug-likeness (QED) is 0.795. The molecule has 0 radical (unpaired) electrons. The molecule has 0 saturated carbocycles. The second-order valence-corrected chi connectivity index (χ2v) is 5.57. The zero-order valence-electron chi connectivity index (χ0n) is 11.4. The lowest BCUT2D eigenvalue weighted by atomic mass is 10.2. The number of rotatable bonds is 4. The summed E-state index contributed by atoms with van der Waals surface area (Å²) in [6.07, 6.45) is 0. The van der Waals surface area contributed by atoms with Gasteiger partial charge in [-0.1, -0.05) is 40.9 Å². The first-order valence-electron chi connectivity index (χ1n) is 6.24. The van der Waals surface area contributed by atoms with E-state index in [4.69, 9.17) is 39.5 Å². The molecule has 2 aromatic carbocycles. The van der Waals surface area contributed by atoms with Crippen LogP contribution < -0.4 is 5.32 Å². The van der Waals surface area contributed by atoms with Crippen molar-refractivity contribution in [3.63, 3.8) is 0 Å². The SMILES string of the molecule is O=C(COC(=O)c1c(Cl)cccc1Cl)Nc1ccc(F)cc1Cl.